The quantitative estimate of drug-likeness (QED) is 0.705. The van der Waals surface area contributed by atoms with Crippen LogP contribution in [0, 0.1) is 0 Å². The second-order valence-electron chi connectivity index (χ2n) is 4.50. The molecule has 0 unspecified atom stereocenters. The lowest BCUT2D eigenvalue weighted by molar-refractivity contribution is 0.377. The van der Waals surface area contributed by atoms with E-state index in [2.05, 4.69) is 21.1 Å². The molecule has 21 heavy (non-hydrogen) atoms. The highest BCUT2D eigenvalue weighted by atomic mass is 79.9. The number of benzene rings is 1. The third-order valence-electron chi connectivity index (χ3n) is 2.97. The Morgan fingerprint density at radius 3 is 2.71 bits per heavy atom. The molecule has 0 aliphatic rings. The fraction of sp³-hybridized carbons (Fsp3) is 0.0667. The van der Waals surface area contributed by atoms with Crippen LogP contribution in [0.4, 0.5) is 0 Å². The van der Waals surface area contributed by atoms with Crippen LogP contribution in [0.5, 0.6) is 0 Å². The van der Waals surface area contributed by atoms with Gasteiger partial charge in [0.05, 0.1) is 6.54 Å². The minimum atomic E-state index is -0.0948. The van der Waals surface area contributed by atoms with E-state index in [1.807, 2.05) is 18.2 Å². The summed E-state index contributed by atoms with van der Waals surface area (Å²) in [6, 6.07) is 12.4. The number of nitrogens with zero attached hydrogens (tertiary/aromatic N) is 2. The van der Waals surface area contributed by atoms with E-state index in [1.54, 1.807) is 29.0 Å². The molecule has 1 aromatic carbocycles. The van der Waals surface area contributed by atoms with Crippen LogP contribution in [0.2, 0.25) is 5.02 Å². The van der Waals surface area contributed by atoms with Crippen LogP contribution in [-0.2, 0) is 6.54 Å². The number of hydrogen-bond acceptors (Lipinski definition) is 3. The molecule has 2 heterocycles. The van der Waals surface area contributed by atoms with Gasteiger partial charge in [0.15, 0.2) is 5.76 Å². The summed E-state index contributed by atoms with van der Waals surface area (Å²) in [6.07, 6.45) is 1.72. The Bertz CT molecular complexity index is 824. The van der Waals surface area contributed by atoms with Crippen LogP contribution in [0.15, 0.2) is 62.5 Å². The number of halogens is 2. The van der Waals surface area contributed by atoms with Crippen LogP contribution in [0.3, 0.4) is 0 Å². The maximum Gasteiger partial charge on any atom is 0.251 e. The van der Waals surface area contributed by atoms with Crippen molar-refractivity contribution in [2.75, 3.05) is 0 Å². The number of aromatic nitrogens is 2. The fourth-order valence-corrected chi connectivity index (χ4v) is 2.44. The van der Waals surface area contributed by atoms with Crippen LogP contribution in [0.25, 0.3) is 11.3 Å². The third-order valence-corrected chi connectivity index (χ3v) is 3.69. The van der Waals surface area contributed by atoms with E-state index in [0.717, 1.165) is 10.0 Å². The zero-order valence-corrected chi connectivity index (χ0v) is 13.1. The summed E-state index contributed by atoms with van der Waals surface area (Å²) in [7, 11) is 0. The van der Waals surface area contributed by atoms with Gasteiger partial charge in [-0.1, -0.05) is 28.9 Å². The molecule has 6 heteroatoms. The van der Waals surface area contributed by atoms with Gasteiger partial charge in [0.2, 0.25) is 0 Å². The highest BCUT2D eigenvalue weighted by Gasteiger charge is 2.08. The van der Waals surface area contributed by atoms with Crippen LogP contribution >= 0.6 is 27.5 Å². The van der Waals surface area contributed by atoms with Gasteiger partial charge in [0.25, 0.3) is 5.56 Å². The molecular formula is C15H10BrClN2O2. The molecule has 3 aromatic rings. The van der Waals surface area contributed by atoms with Gasteiger partial charge in [-0.05, 0) is 34.1 Å². The minimum absolute atomic E-state index is 0.0948. The van der Waals surface area contributed by atoms with Gasteiger partial charge in [0.1, 0.15) is 5.69 Å². The Morgan fingerprint density at radius 1 is 1.19 bits per heavy atom. The molecular weight excluding hydrogens is 356 g/mol. The Labute approximate surface area is 134 Å². The molecule has 3 rings (SSSR count). The van der Waals surface area contributed by atoms with Crippen molar-refractivity contribution in [1.82, 2.24) is 9.72 Å². The molecule has 0 aliphatic heterocycles. The lowest BCUT2D eigenvalue weighted by Gasteiger charge is -2.02. The molecule has 0 saturated heterocycles. The Hall–Kier alpha value is -1.85. The smallest absolute Gasteiger partial charge is 0.251 e. The summed E-state index contributed by atoms with van der Waals surface area (Å²) < 4.78 is 7.67. The van der Waals surface area contributed by atoms with Crippen molar-refractivity contribution < 1.29 is 4.52 Å². The Morgan fingerprint density at radius 2 is 1.95 bits per heavy atom. The fourth-order valence-electron chi connectivity index (χ4n) is 1.94. The molecule has 0 spiro atoms. The number of rotatable bonds is 3. The molecule has 0 radical (unpaired) electrons. The molecule has 0 bridgehead atoms. The second-order valence-corrected chi connectivity index (χ2v) is 5.85. The number of pyridine rings is 1. The molecule has 0 amide bonds. The van der Waals surface area contributed by atoms with Crippen molar-refractivity contribution >= 4 is 27.5 Å². The maximum atomic E-state index is 11.8. The van der Waals surface area contributed by atoms with E-state index in [9.17, 15) is 4.79 Å². The first-order valence-corrected chi connectivity index (χ1v) is 7.36. The molecule has 0 N–H and O–H groups in total. The van der Waals surface area contributed by atoms with Gasteiger partial charge in [-0.25, -0.2) is 0 Å². The van der Waals surface area contributed by atoms with Gasteiger partial charge < -0.3 is 9.09 Å². The first-order valence-electron chi connectivity index (χ1n) is 6.19. The lowest BCUT2D eigenvalue weighted by Crippen LogP contribution is -2.18. The third kappa shape index (κ3) is 3.25. The zero-order valence-electron chi connectivity index (χ0n) is 10.8. The highest BCUT2D eigenvalue weighted by molar-refractivity contribution is 9.10. The Balaban J connectivity index is 1.87. The zero-order chi connectivity index (χ0) is 14.8. The van der Waals surface area contributed by atoms with E-state index < -0.39 is 0 Å². The summed E-state index contributed by atoms with van der Waals surface area (Å²) in [6.45, 7) is 0.332. The van der Waals surface area contributed by atoms with E-state index in [4.69, 9.17) is 16.1 Å². The lowest BCUT2D eigenvalue weighted by atomic mass is 10.1. The SMILES string of the molecule is O=c1ccc(Br)cn1Cc1cc(-c2ccc(Cl)cc2)no1. The summed E-state index contributed by atoms with van der Waals surface area (Å²) >= 11 is 9.20. The molecule has 106 valence electrons. The van der Waals surface area contributed by atoms with Gasteiger partial charge >= 0.3 is 0 Å². The summed E-state index contributed by atoms with van der Waals surface area (Å²) in [5.41, 5.74) is 1.53. The second kappa shape index (κ2) is 5.87. The predicted octanol–water partition coefficient (Wildman–Crippen LogP) is 3.97. The van der Waals surface area contributed by atoms with Gasteiger partial charge in [-0.2, -0.15) is 0 Å². The van der Waals surface area contributed by atoms with E-state index in [-0.39, 0.29) is 5.56 Å². The van der Waals surface area contributed by atoms with Crippen LogP contribution < -0.4 is 5.56 Å². The van der Waals surface area contributed by atoms with Gasteiger partial charge in [-0.15, -0.1) is 0 Å². The van der Waals surface area contributed by atoms with Crippen LogP contribution in [0.1, 0.15) is 5.76 Å². The van der Waals surface area contributed by atoms with E-state index in [0.29, 0.717) is 23.0 Å². The number of hydrogen-bond donors (Lipinski definition) is 0. The highest BCUT2D eigenvalue weighted by Crippen LogP contribution is 2.21. The average molecular weight is 366 g/mol. The van der Waals surface area contributed by atoms with Crippen molar-refractivity contribution in [2.24, 2.45) is 0 Å². The summed E-state index contributed by atoms with van der Waals surface area (Å²) in [4.78, 5) is 11.8. The maximum absolute atomic E-state index is 11.8. The first-order chi connectivity index (χ1) is 10.1. The largest absolute Gasteiger partial charge is 0.359 e. The predicted molar refractivity (Wildman–Crippen MR) is 84.5 cm³/mol. The summed E-state index contributed by atoms with van der Waals surface area (Å²) in [5.74, 6) is 0.611. The molecule has 0 saturated carbocycles. The van der Waals surface area contributed by atoms with Crippen LogP contribution in [-0.4, -0.2) is 9.72 Å². The van der Waals surface area contributed by atoms with Crippen molar-refractivity contribution in [3.8, 4) is 11.3 Å². The molecule has 4 nitrogen and oxygen atoms in total. The standard InChI is InChI=1S/C15H10BrClN2O2/c16-11-3-6-15(20)19(8-11)9-13-7-14(18-21-13)10-1-4-12(17)5-2-10/h1-8H,9H2. The van der Waals surface area contributed by atoms with Gasteiger partial charge in [-0.3, -0.25) is 4.79 Å². The average Bonchev–Trinajstić information content (AvgIpc) is 2.92. The van der Waals surface area contributed by atoms with Gasteiger partial charge in [0, 0.05) is 33.4 Å². The van der Waals surface area contributed by atoms with Crippen molar-refractivity contribution in [1.29, 1.82) is 0 Å². The monoisotopic (exact) mass is 364 g/mol. The molecule has 0 aliphatic carbocycles. The topological polar surface area (TPSA) is 48.0 Å². The van der Waals surface area contributed by atoms with E-state index >= 15 is 0 Å². The molecule has 0 atom stereocenters. The normalized spacial score (nSPS) is 10.8. The van der Waals surface area contributed by atoms with Crippen molar-refractivity contribution in [2.45, 2.75) is 6.54 Å². The molecule has 2 aromatic heterocycles. The summed E-state index contributed by atoms with van der Waals surface area (Å²) in [5, 5.41) is 4.69. The van der Waals surface area contributed by atoms with Crippen molar-refractivity contribution in [3.63, 3.8) is 0 Å². The molecule has 0 fully saturated rings. The Kier molecular flexibility index (Phi) is 3.94. The first kappa shape index (κ1) is 14.1. The van der Waals surface area contributed by atoms with E-state index in [1.165, 1.54) is 6.07 Å². The minimum Gasteiger partial charge on any atom is -0.359 e. The van der Waals surface area contributed by atoms with Crippen molar-refractivity contribution in [3.05, 3.63) is 74.3 Å².